The van der Waals surface area contributed by atoms with Crippen molar-refractivity contribution in [3.63, 3.8) is 0 Å². The predicted molar refractivity (Wildman–Crippen MR) is 59.9 cm³/mol. The molecule has 2 N–H and O–H groups in total. The number of anilines is 1. The second-order valence-electron chi connectivity index (χ2n) is 3.49. The smallest absolute Gasteiger partial charge is 0.240 e. The molecule has 0 bridgehead atoms. The standard InChI is InChI=1S/C11H14N4/c1-3-10-13-11(12)14-15(10)9-6-4-5-8(2)7-9/h4-7H,3H2,1-2H3,(H2,12,14). The fourth-order valence-electron chi connectivity index (χ4n) is 1.56. The highest BCUT2D eigenvalue weighted by molar-refractivity contribution is 5.36. The molecule has 0 saturated heterocycles. The van der Waals surface area contributed by atoms with Gasteiger partial charge in [0.15, 0.2) is 0 Å². The van der Waals surface area contributed by atoms with Gasteiger partial charge in [-0.3, -0.25) is 0 Å². The van der Waals surface area contributed by atoms with Crippen LogP contribution in [0.5, 0.6) is 0 Å². The molecule has 2 aromatic rings. The van der Waals surface area contributed by atoms with E-state index >= 15 is 0 Å². The van der Waals surface area contributed by atoms with Crippen molar-refractivity contribution in [3.05, 3.63) is 35.7 Å². The van der Waals surface area contributed by atoms with Crippen LogP contribution in [0.15, 0.2) is 24.3 Å². The van der Waals surface area contributed by atoms with Crippen LogP contribution >= 0.6 is 0 Å². The maximum absolute atomic E-state index is 5.59. The van der Waals surface area contributed by atoms with E-state index in [0.29, 0.717) is 5.95 Å². The summed E-state index contributed by atoms with van der Waals surface area (Å²) < 4.78 is 1.79. The SMILES string of the molecule is CCc1nc(N)nn1-c1cccc(C)c1. The zero-order chi connectivity index (χ0) is 10.8. The molecule has 1 aromatic heterocycles. The summed E-state index contributed by atoms with van der Waals surface area (Å²) in [6.45, 7) is 4.09. The number of nitrogens with two attached hydrogens (primary N) is 1. The van der Waals surface area contributed by atoms with Gasteiger partial charge in [-0.05, 0) is 24.6 Å². The summed E-state index contributed by atoms with van der Waals surface area (Å²) in [5.74, 6) is 1.21. The molecule has 4 nitrogen and oxygen atoms in total. The highest BCUT2D eigenvalue weighted by Gasteiger charge is 2.07. The van der Waals surface area contributed by atoms with Gasteiger partial charge in [0, 0.05) is 6.42 Å². The first-order valence-corrected chi connectivity index (χ1v) is 4.99. The molecule has 0 saturated carbocycles. The molecular formula is C11H14N4. The van der Waals surface area contributed by atoms with E-state index in [9.17, 15) is 0 Å². The third kappa shape index (κ3) is 1.83. The van der Waals surface area contributed by atoms with Gasteiger partial charge in [0.2, 0.25) is 5.95 Å². The summed E-state index contributed by atoms with van der Waals surface area (Å²) in [6, 6.07) is 8.12. The summed E-state index contributed by atoms with van der Waals surface area (Å²) in [4.78, 5) is 4.16. The summed E-state index contributed by atoms with van der Waals surface area (Å²) >= 11 is 0. The Kier molecular flexibility index (Phi) is 2.41. The van der Waals surface area contributed by atoms with Gasteiger partial charge in [0.25, 0.3) is 0 Å². The molecule has 0 atom stereocenters. The first kappa shape index (κ1) is 9.71. The Hall–Kier alpha value is -1.84. The first-order valence-electron chi connectivity index (χ1n) is 4.99. The van der Waals surface area contributed by atoms with Gasteiger partial charge < -0.3 is 5.73 Å². The Morgan fingerprint density at radius 3 is 2.87 bits per heavy atom. The van der Waals surface area contributed by atoms with Crippen molar-refractivity contribution in [2.24, 2.45) is 0 Å². The maximum Gasteiger partial charge on any atom is 0.240 e. The number of hydrogen-bond donors (Lipinski definition) is 1. The van der Waals surface area contributed by atoms with E-state index in [2.05, 4.69) is 29.1 Å². The Labute approximate surface area is 88.8 Å². The van der Waals surface area contributed by atoms with Gasteiger partial charge >= 0.3 is 0 Å². The number of nitrogen functional groups attached to an aromatic ring is 1. The minimum Gasteiger partial charge on any atom is -0.366 e. The van der Waals surface area contributed by atoms with E-state index in [1.54, 1.807) is 4.68 Å². The minimum atomic E-state index is 0.327. The van der Waals surface area contributed by atoms with E-state index in [0.717, 1.165) is 17.9 Å². The Morgan fingerprint density at radius 1 is 1.40 bits per heavy atom. The quantitative estimate of drug-likeness (QED) is 0.806. The van der Waals surface area contributed by atoms with E-state index < -0.39 is 0 Å². The molecule has 1 aromatic carbocycles. The van der Waals surface area contributed by atoms with Gasteiger partial charge in [0.1, 0.15) is 5.82 Å². The van der Waals surface area contributed by atoms with Crippen LogP contribution in [0.25, 0.3) is 5.69 Å². The van der Waals surface area contributed by atoms with E-state index in [4.69, 9.17) is 5.73 Å². The molecule has 0 aliphatic carbocycles. The van der Waals surface area contributed by atoms with Gasteiger partial charge in [-0.15, -0.1) is 5.10 Å². The highest BCUT2D eigenvalue weighted by Crippen LogP contribution is 2.12. The van der Waals surface area contributed by atoms with Crippen molar-refractivity contribution in [3.8, 4) is 5.69 Å². The van der Waals surface area contributed by atoms with Crippen molar-refractivity contribution >= 4 is 5.95 Å². The summed E-state index contributed by atoms with van der Waals surface area (Å²) in [5.41, 5.74) is 7.80. The molecule has 0 amide bonds. The lowest BCUT2D eigenvalue weighted by atomic mass is 10.2. The van der Waals surface area contributed by atoms with Gasteiger partial charge in [-0.1, -0.05) is 19.1 Å². The molecule has 0 fully saturated rings. The summed E-state index contributed by atoms with van der Waals surface area (Å²) in [7, 11) is 0. The molecule has 0 unspecified atom stereocenters. The van der Waals surface area contributed by atoms with Crippen molar-refractivity contribution in [1.29, 1.82) is 0 Å². The van der Waals surface area contributed by atoms with Crippen molar-refractivity contribution in [1.82, 2.24) is 14.8 Å². The van der Waals surface area contributed by atoms with Crippen molar-refractivity contribution < 1.29 is 0 Å². The van der Waals surface area contributed by atoms with E-state index in [1.807, 2.05) is 19.1 Å². The minimum absolute atomic E-state index is 0.327. The van der Waals surface area contributed by atoms with Crippen LogP contribution in [0.3, 0.4) is 0 Å². The van der Waals surface area contributed by atoms with Crippen LogP contribution in [-0.4, -0.2) is 14.8 Å². The second-order valence-corrected chi connectivity index (χ2v) is 3.49. The van der Waals surface area contributed by atoms with Gasteiger partial charge in [-0.2, -0.15) is 4.98 Å². The van der Waals surface area contributed by atoms with Crippen LogP contribution in [-0.2, 0) is 6.42 Å². The molecule has 2 rings (SSSR count). The maximum atomic E-state index is 5.59. The fourth-order valence-corrected chi connectivity index (χ4v) is 1.56. The van der Waals surface area contributed by atoms with Crippen LogP contribution < -0.4 is 5.73 Å². The van der Waals surface area contributed by atoms with E-state index in [1.165, 1.54) is 5.56 Å². The number of benzene rings is 1. The van der Waals surface area contributed by atoms with Gasteiger partial charge in [-0.25, -0.2) is 4.68 Å². The molecule has 0 aliphatic rings. The largest absolute Gasteiger partial charge is 0.366 e. The normalized spacial score (nSPS) is 10.5. The number of aromatic nitrogens is 3. The van der Waals surface area contributed by atoms with Gasteiger partial charge in [0.05, 0.1) is 5.69 Å². The molecule has 0 aliphatic heterocycles. The Balaban J connectivity index is 2.53. The second kappa shape index (κ2) is 3.73. The fraction of sp³-hybridized carbons (Fsp3) is 0.273. The lowest BCUT2D eigenvalue weighted by molar-refractivity contribution is 0.802. The third-order valence-electron chi connectivity index (χ3n) is 2.25. The van der Waals surface area contributed by atoms with Crippen LogP contribution in [0.1, 0.15) is 18.3 Å². The Morgan fingerprint density at radius 2 is 2.20 bits per heavy atom. The predicted octanol–water partition coefficient (Wildman–Crippen LogP) is 1.72. The number of nitrogens with zero attached hydrogens (tertiary/aromatic N) is 3. The molecule has 4 heteroatoms. The average molecular weight is 202 g/mol. The monoisotopic (exact) mass is 202 g/mol. The number of rotatable bonds is 2. The molecule has 15 heavy (non-hydrogen) atoms. The molecule has 0 spiro atoms. The number of aryl methyl sites for hydroxylation is 2. The third-order valence-corrected chi connectivity index (χ3v) is 2.25. The lowest BCUT2D eigenvalue weighted by Crippen LogP contribution is -2.02. The zero-order valence-corrected chi connectivity index (χ0v) is 8.94. The highest BCUT2D eigenvalue weighted by atomic mass is 15.4. The topological polar surface area (TPSA) is 56.7 Å². The molecule has 78 valence electrons. The molecular weight excluding hydrogens is 188 g/mol. The van der Waals surface area contributed by atoms with Crippen molar-refractivity contribution in [2.75, 3.05) is 5.73 Å². The summed E-state index contributed by atoms with van der Waals surface area (Å²) in [6.07, 6.45) is 0.818. The summed E-state index contributed by atoms with van der Waals surface area (Å²) in [5, 5.41) is 4.18. The number of hydrogen-bond acceptors (Lipinski definition) is 3. The van der Waals surface area contributed by atoms with Crippen molar-refractivity contribution in [2.45, 2.75) is 20.3 Å². The molecule has 0 radical (unpaired) electrons. The van der Waals surface area contributed by atoms with E-state index in [-0.39, 0.29) is 0 Å². The van der Waals surface area contributed by atoms with Crippen LogP contribution in [0.4, 0.5) is 5.95 Å². The van der Waals surface area contributed by atoms with Crippen LogP contribution in [0, 0.1) is 6.92 Å². The average Bonchev–Trinajstić information content (AvgIpc) is 2.59. The Bertz CT molecular complexity index is 473. The zero-order valence-electron chi connectivity index (χ0n) is 8.94. The van der Waals surface area contributed by atoms with Crippen LogP contribution in [0.2, 0.25) is 0 Å². The first-order chi connectivity index (χ1) is 7.20. The molecule has 1 heterocycles. The lowest BCUT2D eigenvalue weighted by Gasteiger charge is -2.04.